The zero-order valence-corrected chi connectivity index (χ0v) is 17.5. The van der Waals surface area contributed by atoms with Crippen molar-refractivity contribution in [2.45, 2.75) is 13.0 Å². The van der Waals surface area contributed by atoms with E-state index in [2.05, 4.69) is 10.3 Å². The number of benzene rings is 2. The lowest BCUT2D eigenvalue weighted by atomic mass is 10.1. The molecule has 0 saturated heterocycles. The summed E-state index contributed by atoms with van der Waals surface area (Å²) >= 11 is 13.5. The minimum Gasteiger partial charge on any atom is -0.482 e. The summed E-state index contributed by atoms with van der Waals surface area (Å²) in [5.41, 5.74) is 4.35. The van der Waals surface area contributed by atoms with Crippen molar-refractivity contribution in [2.75, 3.05) is 16.8 Å². The van der Waals surface area contributed by atoms with E-state index in [0.717, 1.165) is 11.3 Å². The van der Waals surface area contributed by atoms with Crippen molar-refractivity contribution in [3.8, 4) is 17.0 Å². The summed E-state index contributed by atoms with van der Waals surface area (Å²) in [6, 6.07) is 9.44. The van der Waals surface area contributed by atoms with Crippen LogP contribution in [0.25, 0.3) is 11.3 Å². The lowest BCUT2D eigenvalue weighted by molar-refractivity contribution is -0.125. The van der Waals surface area contributed by atoms with Crippen LogP contribution in [-0.2, 0) is 9.59 Å². The van der Waals surface area contributed by atoms with E-state index >= 15 is 0 Å². The number of halogens is 2. The molecule has 0 spiro atoms. The molecule has 9 heteroatoms. The van der Waals surface area contributed by atoms with Gasteiger partial charge in [-0.25, -0.2) is 4.98 Å². The largest absolute Gasteiger partial charge is 0.482 e. The molecular formula is C20H15Cl2N3O3S. The number of nitrogens with zero attached hydrogens (tertiary/aromatic N) is 2. The minimum atomic E-state index is -0.784. The third kappa shape index (κ3) is 4.07. The number of amides is 2. The molecule has 0 radical (unpaired) electrons. The van der Waals surface area contributed by atoms with Crippen LogP contribution >= 0.6 is 34.5 Å². The van der Waals surface area contributed by atoms with E-state index < -0.39 is 6.04 Å². The van der Waals surface area contributed by atoms with Crippen molar-refractivity contribution in [2.24, 2.45) is 0 Å². The fraction of sp³-hybridized carbons (Fsp3) is 0.150. The molecule has 0 bridgehead atoms. The molecule has 6 nitrogen and oxygen atoms in total. The Kier molecular flexibility index (Phi) is 5.45. The Balaban J connectivity index is 1.64. The Hall–Kier alpha value is -2.61. The number of anilines is 2. The topological polar surface area (TPSA) is 71.5 Å². The van der Waals surface area contributed by atoms with Crippen molar-refractivity contribution in [1.29, 1.82) is 0 Å². The quantitative estimate of drug-likeness (QED) is 0.618. The van der Waals surface area contributed by atoms with Crippen LogP contribution in [0.3, 0.4) is 0 Å². The number of carbonyl (C=O) groups excluding carboxylic acids is 2. The van der Waals surface area contributed by atoms with E-state index in [-0.39, 0.29) is 18.4 Å². The average molecular weight is 448 g/mol. The second-order valence-electron chi connectivity index (χ2n) is 6.43. The van der Waals surface area contributed by atoms with Gasteiger partial charge in [0.25, 0.3) is 5.91 Å². The number of carbonyl (C=O) groups is 2. The van der Waals surface area contributed by atoms with Crippen LogP contribution in [0.5, 0.6) is 5.75 Å². The molecule has 1 aliphatic rings. The molecule has 2 heterocycles. The van der Waals surface area contributed by atoms with Crippen molar-refractivity contribution < 1.29 is 14.3 Å². The van der Waals surface area contributed by atoms with E-state index in [1.807, 2.05) is 17.5 Å². The van der Waals surface area contributed by atoms with Crippen LogP contribution in [0.1, 0.15) is 6.92 Å². The van der Waals surface area contributed by atoms with Gasteiger partial charge < -0.3 is 10.1 Å². The number of aromatic nitrogens is 1. The number of rotatable bonds is 4. The molecule has 3 aromatic rings. The minimum absolute atomic E-state index is 0.135. The third-order valence-corrected chi connectivity index (χ3v) is 5.49. The van der Waals surface area contributed by atoms with Crippen LogP contribution in [0.2, 0.25) is 10.0 Å². The summed E-state index contributed by atoms with van der Waals surface area (Å²) in [5, 5.41) is 5.48. The zero-order valence-electron chi connectivity index (χ0n) is 15.2. The number of ether oxygens (including phenoxy) is 1. The van der Waals surface area contributed by atoms with Gasteiger partial charge in [0.05, 0.1) is 16.9 Å². The first-order valence-electron chi connectivity index (χ1n) is 8.67. The van der Waals surface area contributed by atoms with Gasteiger partial charge in [0.1, 0.15) is 11.8 Å². The number of fused-ring (bicyclic) bond motifs is 1. The van der Waals surface area contributed by atoms with Gasteiger partial charge in [-0.05, 0) is 43.3 Å². The highest BCUT2D eigenvalue weighted by Gasteiger charge is 2.33. The summed E-state index contributed by atoms with van der Waals surface area (Å²) in [6.45, 7) is 1.52. The molecule has 148 valence electrons. The summed E-state index contributed by atoms with van der Waals surface area (Å²) in [6.07, 6.45) is 0. The summed E-state index contributed by atoms with van der Waals surface area (Å²) in [7, 11) is 0. The highest BCUT2D eigenvalue weighted by molar-refractivity contribution is 7.07. The first-order valence-corrected chi connectivity index (χ1v) is 10.4. The average Bonchev–Trinajstić information content (AvgIpc) is 3.21. The molecule has 1 unspecified atom stereocenters. The van der Waals surface area contributed by atoms with Gasteiger partial charge in [0.2, 0.25) is 5.91 Å². The lowest BCUT2D eigenvalue weighted by Crippen LogP contribution is -2.49. The van der Waals surface area contributed by atoms with Gasteiger partial charge >= 0.3 is 0 Å². The molecule has 0 saturated carbocycles. The molecule has 2 aromatic carbocycles. The summed E-state index contributed by atoms with van der Waals surface area (Å²) in [4.78, 5) is 31.2. The van der Waals surface area contributed by atoms with E-state index in [9.17, 15) is 9.59 Å². The monoisotopic (exact) mass is 447 g/mol. The van der Waals surface area contributed by atoms with Crippen molar-refractivity contribution in [3.63, 3.8) is 0 Å². The van der Waals surface area contributed by atoms with Crippen molar-refractivity contribution in [3.05, 3.63) is 57.3 Å². The predicted octanol–water partition coefficient (Wildman–Crippen LogP) is 4.87. The Morgan fingerprint density at radius 3 is 2.69 bits per heavy atom. The van der Waals surface area contributed by atoms with Crippen LogP contribution in [0, 0.1) is 0 Å². The van der Waals surface area contributed by atoms with Gasteiger partial charge in [-0.2, -0.15) is 0 Å². The molecule has 1 atom stereocenters. The standard InChI is InChI=1S/C20H15Cl2N3O3S/c1-11(20(27)24-15-6-13(21)5-14(22)7-15)25-17-4-12(16-9-29-10-23-16)2-3-18(17)28-8-19(25)26/h2-7,9-11H,8H2,1H3,(H,24,27). The number of nitrogens with one attached hydrogen (secondary N) is 1. The SMILES string of the molecule is CC(C(=O)Nc1cc(Cl)cc(Cl)c1)N1C(=O)COc2ccc(-c3cscn3)cc21. The van der Waals surface area contributed by atoms with Crippen LogP contribution in [-0.4, -0.2) is 29.4 Å². The van der Waals surface area contributed by atoms with E-state index in [0.29, 0.717) is 27.2 Å². The Morgan fingerprint density at radius 2 is 2.00 bits per heavy atom. The van der Waals surface area contributed by atoms with Crippen molar-refractivity contribution in [1.82, 2.24) is 4.98 Å². The van der Waals surface area contributed by atoms with Crippen molar-refractivity contribution >= 4 is 57.7 Å². The summed E-state index contributed by atoms with van der Waals surface area (Å²) in [5.74, 6) is -0.141. The van der Waals surface area contributed by atoms with Gasteiger partial charge in [-0.15, -0.1) is 11.3 Å². The fourth-order valence-electron chi connectivity index (χ4n) is 3.10. The lowest BCUT2D eigenvalue weighted by Gasteiger charge is -2.33. The second-order valence-corrected chi connectivity index (χ2v) is 8.02. The maximum atomic E-state index is 12.9. The number of hydrogen-bond donors (Lipinski definition) is 1. The fourth-order valence-corrected chi connectivity index (χ4v) is 4.19. The molecular weight excluding hydrogens is 433 g/mol. The maximum absolute atomic E-state index is 12.9. The van der Waals surface area contributed by atoms with Gasteiger partial charge in [-0.3, -0.25) is 14.5 Å². The van der Waals surface area contributed by atoms with Gasteiger partial charge in [0, 0.05) is 26.7 Å². The highest BCUT2D eigenvalue weighted by Crippen LogP contribution is 2.37. The molecule has 0 aliphatic carbocycles. The Morgan fingerprint density at radius 1 is 1.24 bits per heavy atom. The highest BCUT2D eigenvalue weighted by atomic mass is 35.5. The molecule has 1 N–H and O–H groups in total. The van der Waals surface area contributed by atoms with E-state index in [1.54, 1.807) is 36.7 Å². The number of thiazole rings is 1. The van der Waals surface area contributed by atoms with Crippen LogP contribution in [0.15, 0.2) is 47.3 Å². The molecule has 1 aliphatic heterocycles. The molecule has 29 heavy (non-hydrogen) atoms. The number of hydrogen-bond acceptors (Lipinski definition) is 5. The first-order chi connectivity index (χ1) is 13.9. The molecule has 4 rings (SSSR count). The zero-order chi connectivity index (χ0) is 20.5. The van der Waals surface area contributed by atoms with E-state index in [1.165, 1.54) is 16.2 Å². The molecule has 2 amide bonds. The normalized spacial score (nSPS) is 14.2. The maximum Gasteiger partial charge on any atom is 0.265 e. The predicted molar refractivity (Wildman–Crippen MR) is 115 cm³/mol. The van der Waals surface area contributed by atoms with Crippen LogP contribution in [0.4, 0.5) is 11.4 Å². The van der Waals surface area contributed by atoms with E-state index in [4.69, 9.17) is 27.9 Å². The first kappa shape index (κ1) is 19.7. The van der Waals surface area contributed by atoms with Gasteiger partial charge in [-0.1, -0.05) is 23.2 Å². The second kappa shape index (κ2) is 8.02. The Bertz CT molecular complexity index is 1070. The smallest absolute Gasteiger partial charge is 0.265 e. The molecule has 1 aromatic heterocycles. The molecule has 0 fully saturated rings. The van der Waals surface area contributed by atoms with Gasteiger partial charge in [0.15, 0.2) is 6.61 Å². The Labute approximate surface area is 181 Å². The third-order valence-electron chi connectivity index (χ3n) is 4.46. The van der Waals surface area contributed by atoms with Crippen LogP contribution < -0.4 is 15.0 Å². The summed E-state index contributed by atoms with van der Waals surface area (Å²) < 4.78 is 5.54.